The molecule has 0 N–H and O–H groups in total. The fourth-order valence-electron chi connectivity index (χ4n) is 1.94. The van der Waals surface area contributed by atoms with Crippen LogP contribution in [0.1, 0.15) is 10.4 Å². The van der Waals surface area contributed by atoms with Crippen molar-refractivity contribution in [1.82, 2.24) is 9.55 Å². The maximum atomic E-state index is 11.2. The zero-order valence-electron chi connectivity index (χ0n) is 12.0. The molecule has 0 spiro atoms. The molecular formula is C14H19BrN2O2Si. The van der Waals surface area contributed by atoms with E-state index >= 15 is 0 Å². The molecule has 0 aliphatic carbocycles. The zero-order chi connectivity index (χ0) is 14.8. The summed E-state index contributed by atoms with van der Waals surface area (Å²) in [6.45, 7) is 8.15. The number of aldehydes is 1. The van der Waals surface area contributed by atoms with Gasteiger partial charge in [0.25, 0.3) is 0 Å². The highest BCUT2D eigenvalue weighted by atomic mass is 79.9. The quantitative estimate of drug-likeness (QED) is 0.448. The summed E-state index contributed by atoms with van der Waals surface area (Å²) in [6.07, 6.45) is 4.37. The molecule has 0 amide bonds. The van der Waals surface area contributed by atoms with Gasteiger partial charge in [0.1, 0.15) is 12.4 Å². The van der Waals surface area contributed by atoms with E-state index in [1.54, 1.807) is 12.4 Å². The van der Waals surface area contributed by atoms with E-state index in [0.717, 1.165) is 34.4 Å². The molecule has 0 aliphatic rings. The second kappa shape index (κ2) is 6.20. The van der Waals surface area contributed by atoms with E-state index in [1.807, 2.05) is 10.6 Å². The number of halogens is 1. The van der Waals surface area contributed by atoms with Crippen molar-refractivity contribution in [3.63, 3.8) is 0 Å². The van der Waals surface area contributed by atoms with Gasteiger partial charge in [-0.05, 0) is 28.0 Å². The number of hydrogen-bond donors (Lipinski definition) is 0. The summed E-state index contributed by atoms with van der Waals surface area (Å²) in [5.41, 5.74) is 1.41. The largest absolute Gasteiger partial charge is 0.361 e. The van der Waals surface area contributed by atoms with Crippen LogP contribution in [0, 0.1) is 0 Å². The van der Waals surface area contributed by atoms with Crippen LogP contribution in [0.2, 0.25) is 25.7 Å². The fourth-order valence-corrected chi connectivity index (χ4v) is 3.22. The molecule has 0 atom stereocenters. The van der Waals surface area contributed by atoms with Gasteiger partial charge in [-0.15, -0.1) is 0 Å². The van der Waals surface area contributed by atoms with Crippen LogP contribution in [0.3, 0.4) is 0 Å². The van der Waals surface area contributed by atoms with Crippen molar-refractivity contribution in [2.45, 2.75) is 32.4 Å². The maximum absolute atomic E-state index is 11.2. The molecule has 0 unspecified atom stereocenters. The second-order valence-electron chi connectivity index (χ2n) is 6.01. The lowest BCUT2D eigenvalue weighted by Gasteiger charge is -2.15. The summed E-state index contributed by atoms with van der Waals surface area (Å²) in [7, 11) is -1.07. The molecule has 6 heteroatoms. The van der Waals surface area contributed by atoms with Gasteiger partial charge in [0, 0.05) is 42.5 Å². The number of rotatable bonds is 6. The van der Waals surface area contributed by atoms with E-state index in [9.17, 15) is 4.79 Å². The minimum absolute atomic E-state index is 0.429. The number of pyridine rings is 1. The van der Waals surface area contributed by atoms with Crippen LogP contribution in [-0.4, -0.2) is 30.5 Å². The SMILES string of the molecule is C[Si](C)(C)CCOCn1cc(C=O)c2c(Br)ccnc21. The average Bonchev–Trinajstić information content (AvgIpc) is 2.73. The lowest BCUT2D eigenvalue weighted by molar-refractivity contribution is 0.0897. The molecule has 4 nitrogen and oxygen atoms in total. The number of nitrogens with zero attached hydrogens (tertiary/aromatic N) is 2. The van der Waals surface area contributed by atoms with Crippen LogP contribution in [0.4, 0.5) is 0 Å². The van der Waals surface area contributed by atoms with Gasteiger partial charge in [0.2, 0.25) is 0 Å². The molecule has 2 aromatic heterocycles. The van der Waals surface area contributed by atoms with Crippen molar-refractivity contribution >= 4 is 41.3 Å². The number of ether oxygens (including phenoxy) is 1. The Morgan fingerprint density at radius 2 is 2.20 bits per heavy atom. The Morgan fingerprint density at radius 1 is 1.45 bits per heavy atom. The molecule has 2 heterocycles. The Labute approximate surface area is 128 Å². The predicted octanol–water partition coefficient (Wildman–Crippen LogP) is 3.92. The Morgan fingerprint density at radius 3 is 2.85 bits per heavy atom. The minimum atomic E-state index is -1.07. The Bertz CT molecular complexity index is 619. The van der Waals surface area contributed by atoms with Crippen molar-refractivity contribution in [3.05, 3.63) is 28.5 Å². The first-order chi connectivity index (χ1) is 9.42. The Balaban J connectivity index is 2.15. The number of aromatic nitrogens is 2. The first-order valence-corrected chi connectivity index (χ1v) is 11.1. The minimum Gasteiger partial charge on any atom is -0.361 e. The molecule has 2 aromatic rings. The lowest BCUT2D eigenvalue weighted by Crippen LogP contribution is -2.22. The molecule has 0 fully saturated rings. The summed E-state index contributed by atoms with van der Waals surface area (Å²) in [6, 6.07) is 2.97. The summed E-state index contributed by atoms with van der Waals surface area (Å²) in [4.78, 5) is 15.5. The Hall–Kier alpha value is -0.983. The molecule has 0 bridgehead atoms. The van der Waals surface area contributed by atoms with E-state index in [0.29, 0.717) is 12.3 Å². The van der Waals surface area contributed by atoms with Crippen LogP contribution in [0.25, 0.3) is 11.0 Å². The first-order valence-electron chi connectivity index (χ1n) is 6.58. The van der Waals surface area contributed by atoms with E-state index in [1.165, 1.54) is 0 Å². The van der Waals surface area contributed by atoms with Gasteiger partial charge in [-0.3, -0.25) is 4.79 Å². The van der Waals surface area contributed by atoms with Crippen LogP contribution in [0.15, 0.2) is 22.9 Å². The smallest absolute Gasteiger partial charge is 0.152 e. The van der Waals surface area contributed by atoms with Gasteiger partial charge >= 0.3 is 0 Å². The highest BCUT2D eigenvalue weighted by Gasteiger charge is 2.14. The predicted molar refractivity (Wildman–Crippen MR) is 86.9 cm³/mol. The Kier molecular flexibility index (Phi) is 4.77. The third-order valence-electron chi connectivity index (χ3n) is 3.09. The van der Waals surface area contributed by atoms with Gasteiger partial charge < -0.3 is 9.30 Å². The zero-order valence-corrected chi connectivity index (χ0v) is 14.6. The molecule has 0 aromatic carbocycles. The van der Waals surface area contributed by atoms with Crippen LogP contribution < -0.4 is 0 Å². The van der Waals surface area contributed by atoms with Gasteiger partial charge in [0.15, 0.2) is 6.29 Å². The normalized spacial score (nSPS) is 12.0. The third-order valence-corrected chi connectivity index (χ3v) is 5.45. The van der Waals surface area contributed by atoms with E-state index in [4.69, 9.17) is 4.74 Å². The third kappa shape index (κ3) is 3.56. The molecule has 0 aliphatic heterocycles. The fraction of sp³-hybridized carbons (Fsp3) is 0.429. The number of fused-ring (bicyclic) bond motifs is 1. The summed E-state index contributed by atoms with van der Waals surface area (Å²) >= 11 is 3.46. The molecule has 0 saturated carbocycles. The van der Waals surface area contributed by atoms with E-state index in [2.05, 4.69) is 40.6 Å². The second-order valence-corrected chi connectivity index (χ2v) is 12.5. The highest BCUT2D eigenvalue weighted by molar-refractivity contribution is 9.10. The highest BCUT2D eigenvalue weighted by Crippen LogP contribution is 2.26. The van der Waals surface area contributed by atoms with Crippen LogP contribution >= 0.6 is 15.9 Å². The first kappa shape index (κ1) is 15.4. The van der Waals surface area contributed by atoms with Crippen molar-refractivity contribution in [1.29, 1.82) is 0 Å². The van der Waals surface area contributed by atoms with E-state index in [-0.39, 0.29) is 0 Å². The van der Waals surface area contributed by atoms with Crippen molar-refractivity contribution < 1.29 is 9.53 Å². The van der Waals surface area contributed by atoms with Crippen LogP contribution in [0.5, 0.6) is 0 Å². The molecule has 0 radical (unpaired) electrons. The van der Waals surface area contributed by atoms with Gasteiger partial charge in [-0.1, -0.05) is 19.6 Å². The summed E-state index contributed by atoms with van der Waals surface area (Å²) < 4.78 is 8.49. The van der Waals surface area contributed by atoms with Crippen molar-refractivity contribution in [3.8, 4) is 0 Å². The van der Waals surface area contributed by atoms with Gasteiger partial charge in [-0.25, -0.2) is 4.98 Å². The molecule has 20 heavy (non-hydrogen) atoms. The summed E-state index contributed by atoms with van der Waals surface area (Å²) in [5, 5.41) is 0.844. The lowest BCUT2D eigenvalue weighted by atomic mass is 10.2. The summed E-state index contributed by atoms with van der Waals surface area (Å²) in [5.74, 6) is 0. The van der Waals surface area contributed by atoms with Crippen molar-refractivity contribution in [2.75, 3.05) is 6.61 Å². The molecule has 2 rings (SSSR count). The number of carbonyl (C=O) groups is 1. The van der Waals surface area contributed by atoms with Crippen molar-refractivity contribution in [2.24, 2.45) is 0 Å². The van der Waals surface area contributed by atoms with Gasteiger partial charge in [-0.2, -0.15) is 0 Å². The molecule has 0 saturated heterocycles. The maximum Gasteiger partial charge on any atom is 0.152 e. The molecular weight excluding hydrogens is 336 g/mol. The topological polar surface area (TPSA) is 44.1 Å². The van der Waals surface area contributed by atoms with Crippen LogP contribution in [-0.2, 0) is 11.5 Å². The van der Waals surface area contributed by atoms with Gasteiger partial charge in [0.05, 0.1) is 0 Å². The standard InChI is InChI=1S/C14H19BrN2O2Si/c1-20(2,3)7-6-19-10-17-8-11(9-18)13-12(15)4-5-16-14(13)17/h4-5,8-9H,6-7,10H2,1-3H3. The number of carbonyl (C=O) groups excluding carboxylic acids is 1. The van der Waals surface area contributed by atoms with E-state index < -0.39 is 8.07 Å². The monoisotopic (exact) mass is 354 g/mol. The molecule has 108 valence electrons. The average molecular weight is 355 g/mol. The number of hydrogen-bond acceptors (Lipinski definition) is 3.